The van der Waals surface area contributed by atoms with E-state index in [0.29, 0.717) is 11.5 Å². The second-order valence-electron chi connectivity index (χ2n) is 4.17. The van der Waals surface area contributed by atoms with Crippen LogP contribution in [0.2, 0.25) is 0 Å². The predicted octanol–water partition coefficient (Wildman–Crippen LogP) is 0.428. The quantitative estimate of drug-likeness (QED) is 0.572. The molecular weight excluding hydrogens is 124 g/mol. The number of rotatable bonds is 1. The molecule has 0 amide bonds. The van der Waals surface area contributed by atoms with Gasteiger partial charge < -0.3 is 5.73 Å². The van der Waals surface area contributed by atoms with Crippen molar-refractivity contribution in [1.29, 1.82) is 0 Å². The van der Waals surface area contributed by atoms with Gasteiger partial charge in [-0.1, -0.05) is 0 Å². The Morgan fingerprint density at radius 1 is 1.50 bits per heavy atom. The number of nitrogens with two attached hydrogens (primary N) is 1. The lowest BCUT2D eigenvalue weighted by Gasteiger charge is -2.43. The van der Waals surface area contributed by atoms with E-state index in [4.69, 9.17) is 5.73 Å². The lowest BCUT2D eigenvalue weighted by Crippen LogP contribution is -2.54. The van der Waals surface area contributed by atoms with Crippen LogP contribution in [0.15, 0.2) is 0 Å². The highest BCUT2D eigenvalue weighted by Gasteiger charge is 2.59. The first kappa shape index (κ1) is 6.62. The Balaban J connectivity index is 1.84. The summed E-state index contributed by atoms with van der Waals surface area (Å²) in [5.74, 6) is 0. The van der Waals surface area contributed by atoms with Gasteiger partial charge >= 0.3 is 0 Å². The molecule has 2 rings (SSSR count). The van der Waals surface area contributed by atoms with Crippen LogP contribution >= 0.6 is 0 Å². The summed E-state index contributed by atoms with van der Waals surface area (Å²) in [6.07, 6.45) is 1.27. The van der Waals surface area contributed by atoms with Gasteiger partial charge in [0.2, 0.25) is 0 Å². The van der Waals surface area contributed by atoms with E-state index in [1.165, 1.54) is 19.5 Å². The van der Waals surface area contributed by atoms with Crippen LogP contribution in [-0.2, 0) is 0 Å². The molecule has 1 aliphatic heterocycles. The monoisotopic (exact) mass is 140 g/mol. The molecule has 1 unspecified atom stereocenters. The standard InChI is InChI=1S/C8H16N2/c1-6(2)10-4-8(5-10)3-7(8)9/h6-7H,3-5,9H2,1-2H3. The average molecular weight is 140 g/mol. The fourth-order valence-corrected chi connectivity index (χ4v) is 1.87. The highest BCUT2D eigenvalue weighted by Crippen LogP contribution is 2.52. The Morgan fingerprint density at radius 2 is 2.00 bits per heavy atom. The van der Waals surface area contributed by atoms with Crippen LogP contribution < -0.4 is 5.73 Å². The molecule has 0 aromatic rings. The minimum atomic E-state index is 0.530. The molecule has 0 radical (unpaired) electrons. The first-order chi connectivity index (χ1) is 4.64. The van der Waals surface area contributed by atoms with E-state index >= 15 is 0 Å². The predicted molar refractivity (Wildman–Crippen MR) is 41.7 cm³/mol. The fourth-order valence-electron chi connectivity index (χ4n) is 1.87. The van der Waals surface area contributed by atoms with Gasteiger partial charge in [-0.3, -0.25) is 4.90 Å². The zero-order valence-electron chi connectivity index (χ0n) is 6.80. The summed E-state index contributed by atoms with van der Waals surface area (Å²) in [7, 11) is 0. The van der Waals surface area contributed by atoms with E-state index in [2.05, 4.69) is 18.7 Å². The third kappa shape index (κ3) is 0.722. The molecule has 1 heterocycles. The van der Waals surface area contributed by atoms with Crippen molar-refractivity contribution < 1.29 is 0 Å². The Labute approximate surface area is 62.4 Å². The van der Waals surface area contributed by atoms with Gasteiger partial charge in [0, 0.05) is 30.6 Å². The third-order valence-electron chi connectivity index (χ3n) is 3.02. The van der Waals surface area contributed by atoms with E-state index in [1.54, 1.807) is 0 Å². The van der Waals surface area contributed by atoms with E-state index in [1.807, 2.05) is 0 Å². The van der Waals surface area contributed by atoms with Crippen molar-refractivity contribution in [3.63, 3.8) is 0 Å². The van der Waals surface area contributed by atoms with Crippen molar-refractivity contribution in [2.24, 2.45) is 11.1 Å². The van der Waals surface area contributed by atoms with Crippen LogP contribution in [0.3, 0.4) is 0 Å². The SMILES string of the molecule is CC(C)N1CC2(CC2N)C1. The highest BCUT2D eigenvalue weighted by molar-refractivity contribution is 5.15. The van der Waals surface area contributed by atoms with Crippen molar-refractivity contribution in [2.45, 2.75) is 32.4 Å². The molecule has 2 nitrogen and oxygen atoms in total. The number of hydrogen-bond acceptors (Lipinski definition) is 2. The molecule has 1 saturated heterocycles. The number of likely N-dealkylation sites (tertiary alicyclic amines) is 1. The van der Waals surface area contributed by atoms with Crippen LogP contribution in [0.5, 0.6) is 0 Å². The zero-order valence-corrected chi connectivity index (χ0v) is 6.80. The minimum absolute atomic E-state index is 0.530. The number of hydrogen-bond donors (Lipinski definition) is 1. The van der Waals surface area contributed by atoms with E-state index in [9.17, 15) is 0 Å². The molecule has 0 bridgehead atoms. The summed E-state index contributed by atoms with van der Waals surface area (Å²) in [4.78, 5) is 2.49. The summed E-state index contributed by atoms with van der Waals surface area (Å²) in [5.41, 5.74) is 6.39. The molecule has 1 atom stereocenters. The van der Waals surface area contributed by atoms with Crippen LogP contribution in [0, 0.1) is 5.41 Å². The Kier molecular flexibility index (Phi) is 1.15. The first-order valence-corrected chi connectivity index (χ1v) is 4.14. The molecule has 1 saturated carbocycles. The second-order valence-corrected chi connectivity index (χ2v) is 4.17. The van der Waals surface area contributed by atoms with Crippen LogP contribution in [-0.4, -0.2) is 30.1 Å². The van der Waals surface area contributed by atoms with Gasteiger partial charge in [0.15, 0.2) is 0 Å². The molecule has 2 heteroatoms. The van der Waals surface area contributed by atoms with Gasteiger partial charge in [-0.15, -0.1) is 0 Å². The van der Waals surface area contributed by atoms with Gasteiger partial charge in [0.1, 0.15) is 0 Å². The Bertz CT molecular complexity index is 147. The molecule has 1 spiro atoms. The topological polar surface area (TPSA) is 29.3 Å². The van der Waals surface area contributed by atoms with Crippen LogP contribution in [0.25, 0.3) is 0 Å². The lowest BCUT2D eigenvalue weighted by atomic mass is 9.94. The summed E-state index contributed by atoms with van der Waals surface area (Å²) in [6, 6.07) is 1.25. The van der Waals surface area contributed by atoms with Crippen molar-refractivity contribution in [1.82, 2.24) is 4.90 Å². The van der Waals surface area contributed by atoms with E-state index in [0.717, 1.165) is 6.04 Å². The first-order valence-electron chi connectivity index (χ1n) is 4.14. The minimum Gasteiger partial charge on any atom is -0.327 e. The maximum Gasteiger partial charge on any atom is 0.0127 e. The summed E-state index contributed by atoms with van der Waals surface area (Å²) in [5, 5.41) is 0. The Morgan fingerprint density at radius 3 is 2.30 bits per heavy atom. The highest BCUT2D eigenvalue weighted by atomic mass is 15.3. The summed E-state index contributed by atoms with van der Waals surface area (Å²) >= 11 is 0. The maximum absolute atomic E-state index is 5.80. The molecule has 10 heavy (non-hydrogen) atoms. The second kappa shape index (κ2) is 1.74. The molecular formula is C8H16N2. The number of nitrogens with zero attached hydrogens (tertiary/aromatic N) is 1. The molecule has 0 aromatic heterocycles. The average Bonchev–Trinajstić information content (AvgIpc) is 2.36. The fraction of sp³-hybridized carbons (Fsp3) is 1.00. The Hall–Kier alpha value is -0.0800. The van der Waals surface area contributed by atoms with Gasteiger partial charge in [-0.2, -0.15) is 0 Å². The maximum atomic E-state index is 5.80. The third-order valence-corrected chi connectivity index (χ3v) is 3.02. The van der Waals surface area contributed by atoms with Crippen molar-refractivity contribution >= 4 is 0 Å². The summed E-state index contributed by atoms with van der Waals surface area (Å²) in [6.45, 7) is 7.01. The van der Waals surface area contributed by atoms with Gasteiger partial charge in [-0.05, 0) is 20.3 Å². The van der Waals surface area contributed by atoms with Gasteiger partial charge in [-0.25, -0.2) is 0 Å². The smallest absolute Gasteiger partial charge is 0.0127 e. The lowest BCUT2D eigenvalue weighted by molar-refractivity contribution is 0.0470. The molecule has 58 valence electrons. The zero-order chi connectivity index (χ0) is 7.35. The molecule has 1 aliphatic carbocycles. The van der Waals surface area contributed by atoms with Crippen LogP contribution in [0.1, 0.15) is 20.3 Å². The van der Waals surface area contributed by atoms with Crippen molar-refractivity contribution in [3.8, 4) is 0 Å². The van der Waals surface area contributed by atoms with Gasteiger partial charge in [0.25, 0.3) is 0 Å². The van der Waals surface area contributed by atoms with Crippen molar-refractivity contribution in [3.05, 3.63) is 0 Å². The van der Waals surface area contributed by atoms with E-state index < -0.39 is 0 Å². The van der Waals surface area contributed by atoms with Crippen LogP contribution in [0.4, 0.5) is 0 Å². The molecule has 2 aliphatic rings. The van der Waals surface area contributed by atoms with E-state index in [-0.39, 0.29) is 0 Å². The molecule has 0 aromatic carbocycles. The summed E-state index contributed by atoms with van der Waals surface area (Å²) < 4.78 is 0. The largest absolute Gasteiger partial charge is 0.327 e. The van der Waals surface area contributed by atoms with Gasteiger partial charge in [0.05, 0.1) is 0 Å². The van der Waals surface area contributed by atoms with Crippen molar-refractivity contribution in [2.75, 3.05) is 13.1 Å². The molecule has 2 N–H and O–H groups in total. The molecule has 2 fully saturated rings. The normalized spacial score (nSPS) is 36.6.